The van der Waals surface area contributed by atoms with E-state index in [9.17, 15) is 4.79 Å². The number of esters is 1. The zero-order chi connectivity index (χ0) is 17.9. The lowest BCUT2D eigenvalue weighted by Gasteiger charge is -2.13. The molecule has 0 amide bonds. The molecule has 1 rings (SSSR count). The number of ether oxygens (including phenoxy) is 4. The molecular weight excluding hydrogens is 334 g/mol. The molecule has 0 aliphatic rings. The fourth-order valence-electron chi connectivity index (χ4n) is 1.69. The molecule has 0 radical (unpaired) electrons. The van der Waals surface area contributed by atoms with E-state index in [2.05, 4.69) is 15.8 Å². The van der Waals surface area contributed by atoms with Crippen LogP contribution in [0.15, 0.2) is 17.2 Å². The zero-order valence-electron chi connectivity index (χ0n) is 14.0. The van der Waals surface area contributed by atoms with Crippen molar-refractivity contribution in [1.82, 2.24) is 10.7 Å². The van der Waals surface area contributed by atoms with Gasteiger partial charge in [-0.3, -0.25) is 10.2 Å². The normalized spacial score (nSPS) is 10.3. The molecule has 0 saturated heterocycles. The Morgan fingerprint density at radius 1 is 1.25 bits per heavy atom. The fraction of sp³-hybridized carbons (Fsp3) is 0.400. The molecule has 2 N–H and O–H groups in total. The molecular formula is C15H21N3O5S. The van der Waals surface area contributed by atoms with Gasteiger partial charge in [0.05, 0.1) is 27.0 Å². The maximum Gasteiger partial charge on any atom is 0.308 e. The molecule has 8 nitrogen and oxygen atoms in total. The summed E-state index contributed by atoms with van der Waals surface area (Å²) in [5.74, 6) is 0.454. The third-order valence-electron chi connectivity index (χ3n) is 2.70. The Labute approximate surface area is 146 Å². The van der Waals surface area contributed by atoms with Gasteiger partial charge >= 0.3 is 5.97 Å². The number of carbonyl (C=O) groups excluding carboxylic acids is 1. The molecule has 0 aromatic heterocycles. The van der Waals surface area contributed by atoms with Crippen LogP contribution >= 0.6 is 12.2 Å². The second kappa shape index (κ2) is 10.4. The lowest BCUT2D eigenvalue weighted by molar-refractivity contribution is -0.132. The Balaban J connectivity index is 2.83. The van der Waals surface area contributed by atoms with E-state index >= 15 is 0 Å². The average Bonchev–Trinajstić information content (AvgIpc) is 2.55. The first-order valence-corrected chi connectivity index (χ1v) is 7.43. The quantitative estimate of drug-likeness (QED) is 0.179. The predicted molar refractivity (Wildman–Crippen MR) is 94.1 cm³/mol. The molecule has 1 aromatic carbocycles. The molecule has 132 valence electrons. The molecule has 0 unspecified atom stereocenters. The van der Waals surface area contributed by atoms with Crippen molar-refractivity contribution in [2.75, 3.05) is 34.5 Å². The number of hydrogen-bond acceptors (Lipinski definition) is 7. The lowest BCUT2D eigenvalue weighted by Crippen LogP contribution is -2.34. The maximum absolute atomic E-state index is 11.2. The summed E-state index contributed by atoms with van der Waals surface area (Å²) in [6.45, 7) is 2.42. The molecule has 0 fully saturated rings. The Bertz CT molecular complexity index is 582. The second-order valence-corrected chi connectivity index (χ2v) is 4.88. The van der Waals surface area contributed by atoms with Crippen LogP contribution in [-0.4, -0.2) is 51.8 Å². The number of nitrogens with zero attached hydrogens (tertiary/aromatic N) is 1. The molecule has 0 aliphatic heterocycles. The summed E-state index contributed by atoms with van der Waals surface area (Å²) >= 11 is 5.05. The van der Waals surface area contributed by atoms with E-state index in [0.29, 0.717) is 35.3 Å². The van der Waals surface area contributed by atoms with Crippen LogP contribution in [0.4, 0.5) is 0 Å². The van der Waals surface area contributed by atoms with Gasteiger partial charge in [-0.15, -0.1) is 0 Å². The van der Waals surface area contributed by atoms with Gasteiger partial charge in [-0.25, -0.2) is 0 Å². The van der Waals surface area contributed by atoms with E-state index < -0.39 is 5.97 Å². The number of benzene rings is 1. The second-order valence-electron chi connectivity index (χ2n) is 4.47. The van der Waals surface area contributed by atoms with Crippen LogP contribution in [-0.2, 0) is 9.53 Å². The van der Waals surface area contributed by atoms with Crippen molar-refractivity contribution < 1.29 is 23.7 Å². The van der Waals surface area contributed by atoms with E-state index in [0.717, 1.165) is 0 Å². The van der Waals surface area contributed by atoms with E-state index in [-0.39, 0.29) is 5.75 Å². The van der Waals surface area contributed by atoms with E-state index in [1.165, 1.54) is 27.4 Å². The van der Waals surface area contributed by atoms with Crippen molar-refractivity contribution in [3.63, 3.8) is 0 Å². The number of nitrogens with one attached hydrogen (secondary N) is 2. The highest BCUT2D eigenvalue weighted by Gasteiger charge is 2.15. The minimum atomic E-state index is -0.470. The number of thiocarbonyl (C=S) groups is 1. The number of hydrazone groups is 1. The highest BCUT2D eigenvalue weighted by molar-refractivity contribution is 7.80. The van der Waals surface area contributed by atoms with Crippen molar-refractivity contribution in [3.05, 3.63) is 17.7 Å². The summed E-state index contributed by atoms with van der Waals surface area (Å²) in [5.41, 5.74) is 3.35. The lowest BCUT2D eigenvalue weighted by atomic mass is 10.2. The first-order chi connectivity index (χ1) is 11.5. The Kier molecular flexibility index (Phi) is 8.52. The number of methoxy groups -OCH3 is 3. The largest absolute Gasteiger partial charge is 0.493 e. The van der Waals surface area contributed by atoms with Gasteiger partial charge in [-0.1, -0.05) is 0 Å². The van der Waals surface area contributed by atoms with Crippen molar-refractivity contribution in [1.29, 1.82) is 0 Å². The third kappa shape index (κ3) is 6.39. The van der Waals surface area contributed by atoms with Crippen LogP contribution in [0.5, 0.6) is 17.2 Å². The molecule has 0 atom stereocenters. The Hall–Kier alpha value is -2.39. The van der Waals surface area contributed by atoms with Crippen molar-refractivity contribution >= 4 is 29.5 Å². The van der Waals surface area contributed by atoms with Crippen LogP contribution in [0.1, 0.15) is 12.5 Å². The third-order valence-corrected chi connectivity index (χ3v) is 2.94. The molecule has 1 aromatic rings. The molecule has 9 heteroatoms. The predicted octanol–water partition coefficient (Wildman–Crippen LogP) is 1.07. The average molecular weight is 355 g/mol. The summed E-state index contributed by atoms with van der Waals surface area (Å²) in [5, 5.41) is 7.32. The van der Waals surface area contributed by atoms with E-state index in [1.54, 1.807) is 19.2 Å². The molecule has 0 heterocycles. The van der Waals surface area contributed by atoms with E-state index in [1.807, 2.05) is 0 Å². The maximum atomic E-state index is 11.2. The zero-order valence-corrected chi connectivity index (χ0v) is 14.9. The van der Waals surface area contributed by atoms with Crippen LogP contribution in [0.25, 0.3) is 0 Å². The smallest absolute Gasteiger partial charge is 0.308 e. The van der Waals surface area contributed by atoms with Crippen LogP contribution < -0.4 is 25.0 Å². The van der Waals surface area contributed by atoms with E-state index in [4.69, 9.17) is 31.2 Å². The number of carbonyl (C=O) groups is 1. The fourth-order valence-corrected chi connectivity index (χ4v) is 1.85. The van der Waals surface area contributed by atoms with Gasteiger partial charge in [0.25, 0.3) is 0 Å². The number of hydrogen-bond donors (Lipinski definition) is 2. The van der Waals surface area contributed by atoms with Crippen molar-refractivity contribution in [3.8, 4) is 17.2 Å². The summed E-state index contributed by atoms with van der Waals surface area (Å²) in [6, 6.07) is 3.32. The molecule has 0 saturated carbocycles. The Morgan fingerprint density at radius 2 is 1.88 bits per heavy atom. The van der Waals surface area contributed by atoms with Gasteiger partial charge in [-0.05, 0) is 24.4 Å². The topological polar surface area (TPSA) is 90.4 Å². The van der Waals surface area contributed by atoms with Gasteiger partial charge < -0.3 is 24.3 Å². The van der Waals surface area contributed by atoms with Crippen LogP contribution in [0.3, 0.4) is 0 Å². The molecule has 0 aliphatic carbocycles. The summed E-state index contributed by atoms with van der Waals surface area (Å²) in [6.07, 6.45) is 1.53. The standard InChI is InChI=1S/C15H21N3O5S/c1-10(19)23-14-12(21-3)7-11(8-13(14)22-4)9-17-18-15(24)16-5-6-20-2/h7-9H,5-6H2,1-4H3,(H2,16,18,24)/b17-9+. The van der Waals surface area contributed by atoms with Crippen LogP contribution in [0.2, 0.25) is 0 Å². The van der Waals surface area contributed by atoms with Gasteiger partial charge in [-0.2, -0.15) is 5.10 Å². The monoisotopic (exact) mass is 355 g/mol. The van der Waals surface area contributed by atoms with Gasteiger partial charge in [0.2, 0.25) is 5.75 Å². The highest BCUT2D eigenvalue weighted by atomic mass is 32.1. The molecule has 24 heavy (non-hydrogen) atoms. The van der Waals surface area contributed by atoms with Gasteiger partial charge in [0.1, 0.15) is 0 Å². The van der Waals surface area contributed by atoms with Crippen molar-refractivity contribution in [2.45, 2.75) is 6.92 Å². The minimum absolute atomic E-state index is 0.217. The summed E-state index contributed by atoms with van der Waals surface area (Å²) in [4.78, 5) is 11.2. The molecule has 0 spiro atoms. The minimum Gasteiger partial charge on any atom is -0.493 e. The first kappa shape index (κ1) is 19.7. The summed E-state index contributed by atoms with van der Waals surface area (Å²) in [7, 11) is 4.54. The highest BCUT2D eigenvalue weighted by Crippen LogP contribution is 2.38. The summed E-state index contributed by atoms with van der Waals surface area (Å²) < 4.78 is 20.5. The SMILES string of the molecule is COCCNC(=S)N/N=C/c1cc(OC)c(OC(C)=O)c(OC)c1. The van der Waals surface area contributed by atoms with Gasteiger partial charge in [0.15, 0.2) is 16.6 Å². The first-order valence-electron chi connectivity index (χ1n) is 7.02. The van der Waals surface area contributed by atoms with Crippen molar-refractivity contribution in [2.24, 2.45) is 5.10 Å². The van der Waals surface area contributed by atoms with Crippen LogP contribution in [0, 0.1) is 0 Å². The molecule has 0 bridgehead atoms. The van der Waals surface area contributed by atoms with Gasteiger partial charge in [0, 0.05) is 26.1 Å². The number of rotatable bonds is 8. The Morgan fingerprint density at radius 3 is 2.38 bits per heavy atom.